The third-order valence-electron chi connectivity index (χ3n) is 9.26. The van der Waals surface area contributed by atoms with Gasteiger partial charge in [-0.2, -0.15) is 4.98 Å². The first-order chi connectivity index (χ1) is 22.4. The average Bonchev–Trinajstić information content (AvgIpc) is 3.74. The number of aromatic nitrogens is 2. The van der Waals surface area contributed by atoms with Gasteiger partial charge in [-0.05, 0) is 49.4 Å². The molecule has 1 aliphatic carbocycles. The number of hydrogen-bond donors (Lipinski definition) is 3. The molecule has 2 aromatic carbocycles. The van der Waals surface area contributed by atoms with Crippen molar-refractivity contribution in [3.63, 3.8) is 0 Å². The zero-order valence-electron chi connectivity index (χ0n) is 26.3. The van der Waals surface area contributed by atoms with E-state index in [1.54, 1.807) is 30.0 Å². The molecule has 2 saturated heterocycles. The van der Waals surface area contributed by atoms with Gasteiger partial charge < -0.3 is 25.0 Å². The van der Waals surface area contributed by atoms with Crippen molar-refractivity contribution in [2.45, 2.75) is 45.1 Å². The highest BCUT2D eigenvalue weighted by atomic mass is 32.2. The lowest BCUT2D eigenvalue weighted by molar-refractivity contribution is -0.0222. The second-order valence-electron chi connectivity index (χ2n) is 12.8. The van der Waals surface area contributed by atoms with Crippen molar-refractivity contribution >= 4 is 39.1 Å². The summed E-state index contributed by atoms with van der Waals surface area (Å²) in [6.07, 6.45) is 1.29. The second kappa shape index (κ2) is 13.3. The van der Waals surface area contributed by atoms with E-state index < -0.39 is 34.2 Å². The Hall–Kier alpha value is -3.88. The van der Waals surface area contributed by atoms with Gasteiger partial charge in [0.2, 0.25) is 16.0 Å². The molecule has 1 saturated carbocycles. The van der Waals surface area contributed by atoms with Crippen LogP contribution in [0.4, 0.5) is 31.9 Å². The maximum Gasteiger partial charge on any atom is 0.258 e. The van der Waals surface area contributed by atoms with Gasteiger partial charge in [-0.25, -0.2) is 22.2 Å². The first-order valence-electron chi connectivity index (χ1n) is 15.9. The van der Waals surface area contributed by atoms with Crippen molar-refractivity contribution in [2.24, 2.45) is 11.3 Å². The molecule has 11 nitrogen and oxygen atoms in total. The predicted molar refractivity (Wildman–Crippen MR) is 176 cm³/mol. The lowest BCUT2D eigenvalue weighted by Crippen LogP contribution is -2.40. The molecule has 6 rings (SSSR count). The van der Waals surface area contributed by atoms with Gasteiger partial charge in [0.15, 0.2) is 0 Å². The number of aryl methyl sites for hydroxylation is 1. The number of aliphatic hydroxyl groups is 1. The van der Waals surface area contributed by atoms with Gasteiger partial charge in [0.25, 0.3) is 11.8 Å². The summed E-state index contributed by atoms with van der Waals surface area (Å²) in [6, 6.07) is 16.4. The molecule has 2 unspecified atom stereocenters. The fraction of sp³-hybridized carbons (Fsp3) is 0.485. The molecule has 3 heterocycles. The van der Waals surface area contributed by atoms with Gasteiger partial charge in [0, 0.05) is 56.2 Å². The number of carbonyl (C=O) groups is 1. The number of nitrogens with one attached hydrogen (secondary N) is 2. The van der Waals surface area contributed by atoms with E-state index >= 15 is 0 Å². The van der Waals surface area contributed by atoms with Crippen LogP contribution in [0.2, 0.25) is 0 Å². The van der Waals surface area contributed by atoms with Crippen LogP contribution in [0, 0.1) is 18.3 Å². The number of aliphatic hydroxyl groups excluding tert-OH is 1. The largest absolute Gasteiger partial charge is 0.395 e. The van der Waals surface area contributed by atoms with Gasteiger partial charge in [-0.15, -0.1) is 0 Å². The topological polar surface area (TPSA) is 137 Å². The minimum atomic E-state index is -3.79. The third kappa shape index (κ3) is 7.99. The Kier molecular flexibility index (Phi) is 9.36. The van der Waals surface area contributed by atoms with Crippen LogP contribution in [-0.4, -0.2) is 80.5 Å². The van der Waals surface area contributed by atoms with Crippen LogP contribution in [0.1, 0.15) is 47.3 Å². The zero-order chi connectivity index (χ0) is 33.2. The fourth-order valence-corrected chi connectivity index (χ4v) is 7.33. The van der Waals surface area contributed by atoms with Crippen molar-refractivity contribution in [1.82, 2.24) is 9.97 Å². The van der Waals surface area contributed by atoms with E-state index in [-0.39, 0.29) is 48.8 Å². The van der Waals surface area contributed by atoms with Crippen LogP contribution in [0.5, 0.6) is 0 Å². The lowest BCUT2D eigenvalue weighted by atomic mass is 9.95. The minimum Gasteiger partial charge on any atom is -0.395 e. The van der Waals surface area contributed by atoms with Crippen LogP contribution in [0.25, 0.3) is 0 Å². The van der Waals surface area contributed by atoms with Crippen LogP contribution in [0.3, 0.4) is 0 Å². The smallest absolute Gasteiger partial charge is 0.258 e. The standard InChI is InChI=1S/C33H40F2N6O5S/c1-23-17-29(38-31(36-23)40-13-10-33(34,35)11-14-40)37-30(43)27-8-7-26(39-47(44,45)16-15-42)18-28(27)41-12-9-32(19-25(32)20-41)22-46-21-24-5-3-2-4-6-24/h2-8,17-18,25,39,42H,9-16,19-22H2,1H3,(H,36,37,38,43). The van der Waals surface area contributed by atoms with Gasteiger partial charge in [0.1, 0.15) is 5.82 Å². The van der Waals surface area contributed by atoms with Gasteiger partial charge in [-0.1, -0.05) is 30.3 Å². The number of amides is 1. The molecular formula is C33H40F2N6O5S. The summed E-state index contributed by atoms with van der Waals surface area (Å²) in [5.41, 5.74) is 2.97. The number of ether oxygens (including phenoxy) is 1. The molecule has 2 atom stereocenters. The molecule has 3 N–H and O–H groups in total. The summed E-state index contributed by atoms with van der Waals surface area (Å²) in [4.78, 5) is 26.5. The monoisotopic (exact) mass is 670 g/mol. The lowest BCUT2D eigenvalue weighted by Gasteiger charge is -2.34. The van der Waals surface area contributed by atoms with E-state index in [1.807, 2.05) is 30.3 Å². The van der Waals surface area contributed by atoms with Gasteiger partial charge in [0.05, 0.1) is 42.5 Å². The van der Waals surface area contributed by atoms with E-state index in [9.17, 15) is 27.1 Å². The number of nitrogens with zero attached hydrogens (tertiary/aromatic N) is 4. The average molecular weight is 671 g/mol. The Labute approximate surface area is 273 Å². The van der Waals surface area contributed by atoms with Gasteiger partial charge >= 0.3 is 0 Å². The molecule has 3 aliphatic rings. The minimum absolute atomic E-state index is 0.0847. The zero-order valence-corrected chi connectivity index (χ0v) is 27.1. The van der Waals surface area contributed by atoms with E-state index in [0.717, 1.165) is 18.4 Å². The summed E-state index contributed by atoms with van der Waals surface area (Å²) in [5, 5.41) is 12.0. The second-order valence-corrected chi connectivity index (χ2v) is 14.6. The number of alkyl halides is 2. The molecule has 1 aromatic heterocycles. The molecule has 2 aliphatic heterocycles. The van der Waals surface area contributed by atoms with E-state index in [4.69, 9.17) is 4.74 Å². The van der Waals surface area contributed by atoms with E-state index in [2.05, 4.69) is 24.9 Å². The van der Waals surface area contributed by atoms with Crippen molar-refractivity contribution < 1.29 is 31.8 Å². The van der Waals surface area contributed by atoms with E-state index in [0.29, 0.717) is 49.2 Å². The van der Waals surface area contributed by atoms with Gasteiger partial charge in [-0.3, -0.25) is 9.52 Å². The molecule has 0 bridgehead atoms. The first-order valence-corrected chi connectivity index (χ1v) is 17.5. The van der Waals surface area contributed by atoms with Crippen LogP contribution < -0.4 is 19.8 Å². The number of hydrogen-bond acceptors (Lipinski definition) is 9. The maximum absolute atomic E-state index is 13.8. The maximum atomic E-state index is 13.8. The van der Waals surface area contributed by atoms with Crippen molar-refractivity contribution in [1.29, 1.82) is 0 Å². The quantitative estimate of drug-likeness (QED) is 0.256. The number of carbonyl (C=O) groups excluding carboxylic acids is 1. The van der Waals surface area contributed by atoms with Crippen LogP contribution in [-0.2, 0) is 21.4 Å². The number of halogens is 2. The Morgan fingerprint density at radius 2 is 1.79 bits per heavy atom. The first kappa shape index (κ1) is 33.0. The Bertz CT molecular complexity index is 1700. The molecule has 3 fully saturated rings. The van der Waals surface area contributed by atoms with Crippen LogP contribution >= 0.6 is 0 Å². The molecule has 3 aromatic rings. The summed E-state index contributed by atoms with van der Waals surface area (Å²) < 4.78 is 61.0. The summed E-state index contributed by atoms with van der Waals surface area (Å²) in [5.74, 6) is -2.73. The molecular weight excluding hydrogens is 630 g/mol. The Balaban J connectivity index is 1.19. The predicted octanol–water partition coefficient (Wildman–Crippen LogP) is 4.44. The highest BCUT2D eigenvalue weighted by molar-refractivity contribution is 7.92. The van der Waals surface area contributed by atoms with Crippen molar-refractivity contribution in [3.05, 3.63) is 71.4 Å². The number of rotatable bonds is 12. The molecule has 0 spiro atoms. The molecule has 14 heteroatoms. The highest BCUT2D eigenvalue weighted by Gasteiger charge is 2.56. The van der Waals surface area contributed by atoms with Crippen LogP contribution in [0.15, 0.2) is 54.6 Å². The number of piperidine rings is 2. The number of fused-ring (bicyclic) bond motifs is 1. The summed E-state index contributed by atoms with van der Waals surface area (Å²) >= 11 is 0. The normalized spacial score (nSPS) is 22.0. The summed E-state index contributed by atoms with van der Waals surface area (Å²) in [7, 11) is -3.79. The SMILES string of the molecule is Cc1cc(NC(=O)c2ccc(NS(=O)(=O)CCO)cc2N2CCC3(COCc4ccccc4)CC3C2)nc(N2CCC(F)(F)CC2)n1. The molecule has 47 heavy (non-hydrogen) atoms. The highest BCUT2D eigenvalue weighted by Crippen LogP contribution is 2.58. The van der Waals surface area contributed by atoms with Crippen molar-refractivity contribution in [2.75, 3.05) is 65.0 Å². The summed E-state index contributed by atoms with van der Waals surface area (Å²) in [6.45, 7) is 3.97. The molecule has 0 radical (unpaired) electrons. The Morgan fingerprint density at radius 3 is 2.51 bits per heavy atom. The van der Waals surface area contributed by atoms with Crippen molar-refractivity contribution in [3.8, 4) is 0 Å². The third-order valence-corrected chi connectivity index (χ3v) is 10.5. The number of benzene rings is 2. The fourth-order valence-electron chi connectivity index (χ4n) is 6.50. The van der Waals surface area contributed by atoms with E-state index in [1.165, 1.54) is 6.07 Å². The molecule has 252 valence electrons. The Morgan fingerprint density at radius 1 is 1.04 bits per heavy atom. The number of sulfonamides is 1. The molecule has 1 amide bonds. The number of anilines is 4.